The fourth-order valence-electron chi connectivity index (χ4n) is 1.53. The van der Waals surface area contributed by atoms with Gasteiger partial charge >= 0.3 is 0 Å². The second-order valence-electron chi connectivity index (χ2n) is 3.98. The van der Waals surface area contributed by atoms with Gasteiger partial charge in [-0.1, -0.05) is 0 Å². The van der Waals surface area contributed by atoms with Crippen molar-refractivity contribution in [3.05, 3.63) is 42.0 Å². The summed E-state index contributed by atoms with van der Waals surface area (Å²) in [6, 6.07) is 9.34. The fraction of sp³-hybridized carbons (Fsp3) is 0. The maximum Gasteiger partial charge on any atom is 0.150 e. The third-order valence-corrected chi connectivity index (χ3v) is 2.60. The number of carbonyl (C=O) groups excluding carboxylic acids is 1. The van der Waals surface area contributed by atoms with E-state index in [1.807, 2.05) is 0 Å². The minimum absolute atomic E-state index is 0.102. The lowest BCUT2D eigenvalue weighted by atomic mass is 10.2. The molecule has 0 fully saturated rings. The zero-order valence-electron chi connectivity index (χ0n) is 10.4. The summed E-state index contributed by atoms with van der Waals surface area (Å²) in [7, 11) is 0. The van der Waals surface area contributed by atoms with Gasteiger partial charge < -0.3 is 16.3 Å². The molecule has 0 heterocycles. The summed E-state index contributed by atoms with van der Waals surface area (Å²) in [6.45, 7) is 0. The SMILES string of the molecule is NNc1cc(N=Nc2ccc(C=O)cc2)c(O)cc1N. The van der Waals surface area contributed by atoms with Crippen LogP contribution in [0.2, 0.25) is 0 Å². The number of hydrazine groups is 1. The van der Waals surface area contributed by atoms with Crippen molar-refractivity contribution in [1.29, 1.82) is 0 Å². The van der Waals surface area contributed by atoms with E-state index < -0.39 is 0 Å². The number of benzene rings is 2. The Morgan fingerprint density at radius 2 is 1.85 bits per heavy atom. The molecule has 0 amide bonds. The molecular formula is C13H13N5O2. The number of nitrogen functional groups attached to an aromatic ring is 2. The molecule has 7 heteroatoms. The zero-order chi connectivity index (χ0) is 14.5. The summed E-state index contributed by atoms with van der Waals surface area (Å²) in [4.78, 5) is 10.5. The van der Waals surface area contributed by atoms with E-state index in [9.17, 15) is 9.90 Å². The number of hydrogen-bond acceptors (Lipinski definition) is 7. The van der Waals surface area contributed by atoms with Gasteiger partial charge in [-0.25, -0.2) is 0 Å². The molecule has 2 aromatic carbocycles. The number of nitrogens with zero attached hydrogens (tertiary/aromatic N) is 2. The third kappa shape index (κ3) is 2.90. The Labute approximate surface area is 114 Å². The Morgan fingerprint density at radius 1 is 1.15 bits per heavy atom. The first-order valence-electron chi connectivity index (χ1n) is 5.70. The lowest BCUT2D eigenvalue weighted by molar-refractivity contribution is 0.112. The number of carbonyl (C=O) groups is 1. The largest absolute Gasteiger partial charge is 0.506 e. The highest BCUT2D eigenvalue weighted by atomic mass is 16.3. The zero-order valence-corrected chi connectivity index (χ0v) is 10.4. The number of phenols is 1. The van der Waals surface area contributed by atoms with Gasteiger partial charge in [0.05, 0.1) is 17.1 Å². The van der Waals surface area contributed by atoms with Crippen LogP contribution in [0.5, 0.6) is 5.75 Å². The Morgan fingerprint density at radius 3 is 2.45 bits per heavy atom. The number of aromatic hydroxyl groups is 1. The highest BCUT2D eigenvalue weighted by Crippen LogP contribution is 2.34. The van der Waals surface area contributed by atoms with E-state index in [1.165, 1.54) is 12.1 Å². The number of hydrogen-bond donors (Lipinski definition) is 4. The molecule has 0 bridgehead atoms. The first-order valence-corrected chi connectivity index (χ1v) is 5.70. The molecule has 6 N–H and O–H groups in total. The van der Waals surface area contributed by atoms with Crippen LogP contribution in [0, 0.1) is 0 Å². The number of azo groups is 1. The van der Waals surface area contributed by atoms with Crippen LogP contribution in [0.4, 0.5) is 22.7 Å². The molecule has 0 aliphatic carbocycles. The Hall–Kier alpha value is -2.93. The van der Waals surface area contributed by atoms with Crippen molar-refractivity contribution in [2.24, 2.45) is 16.1 Å². The second-order valence-corrected chi connectivity index (χ2v) is 3.98. The van der Waals surface area contributed by atoms with Gasteiger partial charge in [-0.05, 0) is 30.3 Å². The van der Waals surface area contributed by atoms with Crippen molar-refractivity contribution >= 4 is 29.0 Å². The lowest BCUT2D eigenvalue weighted by Crippen LogP contribution is -2.08. The number of phenolic OH excluding ortho intramolecular Hbond substituents is 1. The van der Waals surface area contributed by atoms with Crippen LogP contribution in [0.3, 0.4) is 0 Å². The standard InChI is InChI=1S/C13H13N5O2/c14-10-5-13(20)12(6-11(10)16-15)18-17-9-3-1-8(7-19)2-4-9/h1-7,16,20H,14-15H2. The van der Waals surface area contributed by atoms with Crippen molar-refractivity contribution in [2.75, 3.05) is 11.2 Å². The Balaban J connectivity index is 2.28. The number of nitrogens with two attached hydrogens (primary N) is 2. The highest BCUT2D eigenvalue weighted by molar-refractivity contribution is 5.76. The summed E-state index contributed by atoms with van der Waals surface area (Å²) >= 11 is 0. The van der Waals surface area contributed by atoms with Gasteiger partial charge in [0.2, 0.25) is 0 Å². The minimum Gasteiger partial charge on any atom is -0.506 e. The van der Waals surface area contributed by atoms with E-state index in [1.54, 1.807) is 24.3 Å². The number of anilines is 2. The van der Waals surface area contributed by atoms with E-state index in [0.717, 1.165) is 6.29 Å². The Bertz CT molecular complexity index is 653. The molecule has 20 heavy (non-hydrogen) atoms. The van der Waals surface area contributed by atoms with Gasteiger partial charge in [0.25, 0.3) is 0 Å². The number of rotatable bonds is 4. The van der Waals surface area contributed by atoms with Crippen molar-refractivity contribution < 1.29 is 9.90 Å². The molecule has 0 unspecified atom stereocenters. The summed E-state index contributed by atoms with van der Waals surface area (Å²) < 4.78 is 0. The van der Waals surface area contributed by atoms with E-state index in [0.29, 0.717) is 22.6 Å². The van der Waals surface area contributed by atoms with E-state index in [-0.39, 0.29) is 11.4 Å². The van der Waals surface area contributed by atoms with Crippen LogP contribution in [-0.2, 0) is 0 Å². The van der Waals surface area contributed by atoms with Gasteiger partial charge in [-0.2, -0.15) is 5.11 Å². The molecule has 102 valence electrons. The normalized spacial score (nSPS) is 10.7. The summed E-state index contributed by atoms with van der Waals surface area (Å²) in [6.07, 6.45) is 0.742. The third-order valence-electron chi connectivity index (χ3n) is 2.60. The molecule has 0 aliphatic rings. The van der Waals surface area contributed by atoms with Crippen LogP contribution < -0.4 is 17.0 Å². The smallest absolute Gasteiger partial charge is 0.150 e. The topological polar surface area (TPSA) is 126 Å². The molecule has 0 aromatic heterocycles. The van der Waals surface area contributed by atoms with Crippen LogP contribution in [-0.4, -0.2) is 11.4 Å². The van der Waals surface area contributed by atoms with E-state index >= 15 is 0 Å². The van der Waals surface area contributed by atoms with Crippen LogP contribution in [0.1, 0.15) is 10.4 Å². The summed E-state index contributed by atoms with van der Waals surface area (Å²) in [5.74, 6) is 5.19. The molecule has 0 radical (unpaired) electrons. The van der Waals surface area contributed by atoms with Crippen molar-refractivity contribution in [1.82, 2.24) is 0 Å². The lowest BCUT2D eigenvalue weighted by Gasteiger charge is -2.06. The predicted molar refractivity (Wildman–Crippen MR) is 76.3 cm³/mol. The molecule has 0 saturated carbocycles. The first-order chi connectivity index (χ1) is 9.63. The van der Waals surface area contributed by atoms with Crippen LogP contribution in [0.15, 0.2) is 46.6 Å². The van der Waals surface area contributed by atoms with Crippen molar-refractivity contribution in [2.45, 2.75) is 0 Å². The monoisotopic (exact) mass is 271 g/mol. The van der Waals surface area contributed by atoms with Crippen LogP contribution >= 0.6 is 0 Å². The van der Waals surface area contributed by atoms with Gasteiger partial charge in [0, 0.05) is 11.6 Å². The van der Waals surface area contributed by atoms with Gasteiger partial charge in [-0.3, -0.25) is 10.6 Å². The van der Waals surface area contributed by atoms with Gasteiger partial charge in [-0.15, -0.1) is 5.11 Å². The molecule has 7 nitrogen and oxygen atoms in total. The maximum atomic E-state index is 10.5. The molecular weight excluding hydrogens is 258 g/mol. The highest BCUT2D eigenvalue weighted by Gasteiger charge is 2.06. The summed E-state index contributed by atoms with van der Waals surface area (Å²) in [5, 5.41) is 17.6. The van der Waals surface area contributed by atoms with Crippen LogP contribution in [0.25, 0.3) is 0 Å². The molecule has 0 spiro atoms. The number of nitrogens with one attached hydrogen (secondary N) is 1. The fourth-order valence-corrected chi connectivity index (χ4v) is 1.53. The first kappa shape index (κ1) is 13.5. The molecule has 2 aromatic rings. The summed E-state index contributed by atoms with van der Waals surface area (Å²) in [5.41, 5.74) is 10.1. The van der Waals surface area contributed by atoms with Crippen molar-refractivity contribution in [3.8, 4) is 5.75 Å². The van der Waals surface area contributed by atoms with E-state index in [2.05, 4.69) is 15.7 Å². The average molecular weight is 271 g/mol. The molecule has 0 saturated heterocycles. The quantitative estimate of drug-likeness (QED) is 0.170. The Kier molecular flexibility index (Phi) is 3.92. The number of aldehydes is 1. The second kappa shape index (κ2) is 5.81. The van der Waals surface area contributed by atoms with E-state index in [4.69, 9.17) is 11.6 Å². The predicted octanol–water partition coefficient (Wildman–Crippen LogP) is 2.49. The minimum atomic E-state index is -0.102. The van der Waals surface area contributed by atoms with Gasteiger partial charge in [0.1, 0.15) is 17.7 Å². The molecule has 0 atom stereocenters. The molecule has 2 rings (SSSR count). The maximum absolute atomic E-state index is 10.5. The molecule has 0 aliphatic heterocycles. The van der Waals surface area contributed by atoms with Gasteiger partial charge in [0.15, 0.2) is 0 Å². The average Bonchev–Trinajstić information content (AvgIpc) is 2.47. The van der Waals surface area contributed by atoms with Crippen molar-refractivity contribution in [3.63, 3.8) is 0 Å².